The molecule has 0 aliphatic carbocycles. The molecule has 1 heterocycles. The molecule has 0 saturated heterocycles. The third-order valence-electron chi connectivity index (χ3n) is 3.34. The van der Waals surface area contributed by atoms with Crippen molar-refractivity contribution in [3.63, 3.8) is 0 Å². The number of cyclic esters (lactones) is 1. The highest BCUT2D eigenvalue weighted by Gasteiger charge is 2.26. The summed E-state index contributed by atoms with van der Waals surface area (Å²) in [5.41, 5.74) is 2.09. The molecule has 1 atom stereocenters. The van der Waals surface area contributed by atoms with Crippen LogP contribution in [-0.2, 0) is 9.53 Å². The van der Waals surface area contributed by atoms with E-state index >= 15 is 0 Å². The fraction of sp³-hybridized carbons (Fsp3) is 0.118. The molecule has 1 aliphatic rings. The second-order valence-corrected chi connectivity index (χ2v) is 5.25. The van der Waals surface area contributed by atoms with Crippen molar-refractivity contribution in [3.8, 4) is 5.75 Å². The fourth-order valence-corrected chi connectivity index (χ4v) is 2.30. The molecule has 0 amide bonds. The van der Waals surface area contributed by atoms with Crippen molar-refractivity contribution >= 4 is 23.3 Å². The van der Waals surface area contributed by atoms with Gasteiger partial charge >= 0.3 is 5.97 Å². The zero-order valence-electron chi connectivity index (χ0n) is 11.9. The highest BCUT2D eigenvalue weighted by Crippen LogP contribution is 2.29. The average molecular weight is 316 g/mol. The molecule has 2 aromatic rings. The van der Waals surface area contributed by atoms with Crippen molar-refractivity contribution < 1.29 is 14.3 Å². The van der Waals surface area contributed by atoms with E-state index in [1.54, 1.807) is 37.5 Å². The van der Waals surface area contributed by atoms with Gasteiger partial charge in [-0.25, -0.2) is 4.79 Å². The van der Waals surface area contributed by atoms with E-state index in [1.165, 1.54) is 0 Å². The normalized spacial score (nSPS) is 16.9. The number of carbonyl (C=O) groups is 1. The van der Waals surface area contributed by atoms with Crippen LogP contribution in [0, 0.1) is 0 Å². The molecule has 5 heteroatoms. The molecule has 112 valence electrons. The van der Waals surface area contributed by atoms with Gasteiger partial charge in [-0.1, -0.05) is 23.7 Å². The lowest BCUT2D eigenvalue weighted by Gasteiger charge is -2.08. The number of nitrogens with one attached hydrogen (secondary N) is 1. The summed E-state index contributed by atoms with van der Waals surface area (Å²) >= 11 is 5.84. The molecule has 0 saturated carbocycles. The molecule has 0 spiro atoms. The lowest BCUT2D eigenvalue weighted by molar-refractivity contribution is -0.139. The number of hydrogen-bond acceptors (Lipinski definition) is 4. The molecule has 4 nitrogen and oxygen atoms in total. The van der Waals surface area contributed by atoms with Gasteiger partial charge in [-0.3, -0.25) is 0 Å². The van der Waals surface area contributed by atoms with Gasteiger partial charge in [0.05, 0.1) is 7.11 Å². The van der Waals surface area contributed by atoms with Crippen LogP contribution in [0.1, 0.15) is 11.7 Å². The predicted octanol–water partition coefficient (Wildman–Crippen LogP) is 3.94. The Morgan fingerprint density at radius 1 is 1.09 bits per heavy atom. The van der Waals surface area contributed by atoms with Crippen molar-refractivity contribution in [2.45, 2.75) is 6.10 Å². The number of benzene rings is 2. The maximum Gasteiger partial charge on any atom is 0.355 e. The van der Waals surface area contributed by atoms with Crippen molar-refractivity contribution in [1.29, 1.82) is 0 Å². The molecule has 1 unspecified atom stereocenters. The summed E-state index contributed by atoms with van der Waals surface area (Å²) in [7, 11) is 1.61. The summed E-state index contributed by atoms with van der Waals surface area (Å²) in [6, 6.07) is 14.5. The highest BCUT2D eigenvalue weighted by molar-refractivity contribution is 6.30. The van der Waals surface area contributed by atoms with Crippen molar-refractivity contribution in [2.24, 2.45) is 0 Å². The quantitative estimate of drug-likeness (QED) is 0.868. The van der Waals surface area contributed by atoms with Crippen LogP contribution in [0.2, 0.25) is 5.02 Å². The average Bonchev–Trinajstić information content (AvgIpc) is 2.91. The Kier molecular flexibility index (Phi) is 4.02. The van der Waals surface area contributed by atoms with Crippen LogP contribution in [-0.4, -0.2) is 13.1 Å². The van der Waals surface area contributed by atoms with Gasteiger partial charge in [-0.15, -0.1) is 0 Å². The molecule has 0 bridgehead atoms. The smallest absolute Gasteiger partial charge is 0.355 e. The van der Waals surface area contributed by atoms with Crippen LogP contribution in [0.3, 0.4) is 0 Å². The second kappa shape index (κ2) is 6.12. The molecule has 1 aliphatic heterocycles. The maximum atomic E-state index is 11.9. The van der Waals surface area contributed by atoms with E-state index in [1.807, 2.05) is 24.3 Å². The van der Waals surface area contributed by atoms with E-state index < -0.39 is 6.10 Å². The van der Waals surface area contributed by atoms with E-state index in [2.05, 4.69) is 5.32 Å². The van der Waals surface area contributed by atoms with Gasteiger partial charge in [-0.05, 0) is 48.0 Å². The molecule has 2 aromatic carbocycles. The zero-order valence-corrected chi connectivity index (χ0v) is 12.6. The monoisotopic (exact) mass is 315 g/mol. The van der Waals surface area contributed by atoms with Gasteiger partial charge in [-0.2, -0.15) is 0 Å². The number of esters is 1. The van der Waals surface area contributed by atoms with E-state index in [9.17, 15) is 4.79 Å². The van der Waals surface area contributed by atoms with Crippen molar-refractivity contribution in [2.75, 3.05) is 12.4 Å². The van der Waals surface area contributed by atoms with Crippen LogP contribution < -0.4 is 10.1 Å². The van der Waals surface area contributed by atoms with E-state index in [0.29, 0.717) is 10.7 Å². The zero-order chi connectivity index (χ0) is 15.5. The molecule has 3 rings (SSSR count). The summed E-state index contributed by atoms with van der Waals surface area (Å²) in [4.78, 5) is 11.9. The number of carbonyl (C=O) groups excluding carboxylic acids is 1. The summed E-state index contributed by atoms with van der Waals surface area (Å²) in [6.07, 6.45) is 1.37. The largest absolute Gasteiger partial charge is 0.497 e. The summed E-state index contributed by atoms with van der Waals surface area (Å²) in [5.74, 6) is 0.382. The van der Waals surface area contributed by atoms with E-state index in [-0.39, 0.29) is 5.97 Å². The van der Waals surface area contributed by atoms with Crippen molar-refractivity contribution in [1.82, 2.24) is 0 Å². The molecule has 0 radical (unpaired) electrons. The lowest BCUT2D eigenvalue weighted by Crippen LogP contribution is -2.08. The first-order chi connectivity index (χ1) is 10.7. The van der Waals surface area contributed by atoms with Gasteiger partial charge in [0.15, 0.2) is 0 Å². The predicted molar refractivity (Wildman–Crippen MR) is 85.0 cm³/mol. The van der Waals surface area contributed by atoms with Gasteiger partial charge < -0.3 is 14.8 Å². The Bertz CT molecular complexity index is 708. The van der Waals surface area contributed by atoms with Crippen LogP contribution in [0.5, 0.6) is 5.75 Å². The van der Waals surface area contributed by atoms with Gasteiger partial charge in [0.25, 0.3) is 0 Å². The Labute approximate surface area is 133 Å². The summed E-state index contributed by atoms with van der Waals surface area (Å²) in [6.45, 7) is 0. The maximum absolute atomic E-state index is 11.9. The molecular formula is C17H14ClNO3. The summed E-state index contributed by atoms with van der Waals surface area (Å²) < 4.78 is 10.5. The van der Waals surface area contributed by atoms with Crippen LogP contribution in [0.15, 0.2) is 60.3 Å². The second-order valence-electron chi connectivity index (χ2n) is 4.81. The lowest BCUT2D eigenvalue weighted by atomic mass is 10.1. The fourth-order valence-electron chi connectivity index (χ4n) is 2.17. The first-order valence-corrected chi connectivity index (χ1v) is 7.13. The Morgan fingerprint density at radius 2 is 1.77 bits per heavy atom. The molecular weight excluding hydrogens is 302 g/mol. The van der Waals surface area contributed by atoms with Crippen LogP contribution in [0.25, 0.3) is 0 Å². The minimum atomic E-state index is -0.395. The number of rotatable bonds is 4. The van der Waals surface area contributed by atoms with Gasteiger partial charge in [0, 0.05) is 10.7 Å². The first-order valence-electron chi connectivity index (χ1n) is 6.75. The number of methoxy groups -OCH3 is 1. The number of halogens is 1. The van der Waals surface area contributed by atoms with Gasteiger partial charge in [0.1, 0.15) is 17.6 Å². The number of anilines is 1. The number of ether oxygens (including phenoxy) is 2. The molecule has 0 aromatic heterocycles. The van der Waals surface area contributed by atoms with Crippen LogP contribution in [0.4, 0.5) is 5.69 Å². The number of hydrogen-bond donors (Lipinski definition) is 1. The minimum absolute atomic E-state index is 0.379. The molecule has 0 fully saturated rings. The Morgan fingerprint density at radius 3 is 2.41 bits per heavy atom. The van der Waals surface area contributed by atoms with E-state index in [0.717, 1.165) is 17.0 Å². The highest BCUT2D eigenvalue weighted by atomic mass is 35.5. The van der Waals surface area contributed by atoms with Crippen LogP contribution >= 0.6 is 11.6 Å². The van der Waals surface area contributed by atoms with E-state index in [4.69, 9.17) is 21.1 Å². The topological polar surface area (TPSA) is 47.6 Å². The van der Waals surface area contributed by atoms with Gasteiger partial charge in [0.2, 0.25) is 0 Å². The minimum Gasteiger partial charge on any atom is -0.497 e. The standard InChI is InChI=1S/C17H14ClNO3/c1-21-14-8-2-11(3-9-14)16-10-15(17(20)22-16)19-13-6-4-12(18)5-7-13/h2-10,16,19H,1H3. The third kappa shape index (κ3) is 3.07. The molecule has 1 N–H and O–H groups in total. The Balaban J connectivity index is 1.77. The summed E-state index contributed by atoms with van der Waals surface area (Å²) in [5, 5.41) is 3.69. The third-order valence-corrected chi connectivity index (χ3v) is 3.59. The SMILES string of the molecule is COc1ccc(C2C=C(Nc3ccc(Cl)cc3)C(=O)O2)cc1. The van der Waals surface area contributed by atoms with Crippen molar-refractivity contribution in [3.05, 3.63) is 70.9 Å². The Hall–Kier alpha value is -2.46. The molecule has 22 heavy (non-hydrogen) atoms. The first kappa shape index (κ1) is 14.5.